The maximum Gasteiger partial charge on any atom is 0.303 e. The third-order valence-corrected chi connectivity index (χ3v) is 6.13. The maximum atomic E-state index is 10.6. The Hall–Kier alpha value is -1.87. The van der Waals surface area contributed by atoms with Crippen LogP contribution in [-0.4, -0.2) is 22.3 Å². The van der Waals surface area contributed by atoms with E-state index in [2.05, 4.69) is 49.4 Å². The minimum Gasteiger partial charge on any atom is -0.481 e. The molecule has 1 saturated carbocycles. The third-order valence-electron chi connectivity index (χ3n) is 6.13. The number of carbonyl (C=O) groups is 1. The summed E-state index contributed by atoms with van der Waals surface area (Å²) in [5.41, 5.74) is 4.15. The summed E-state index contributed by atoms with van der Waals surface area (Å²) in [6.45, 7) is 2.13. The Labute approximate surface area is 162 Å². The highest BCUT2D eigenvalue weighted by atomic mass is 16.4. The smallest absolute Gasteiger partial charge is 0.303 e. The van der Waals surface area contributed by atoms with Gasteiger partial charge in [0.25, 0.3) is 0 Å². The van der Waals surface area contributed by atoms with E-state index in [1.807, 2.05) is 0 Å². The number of aliphatic hydroxyl groups excluding tert-OH is 1. The van der Waals surface area contributed by atoms with E-state index in [4.69, 9.17) is 5.11 Å². The van der Waals surface area contributed by atoms with Gasteiger partial charge in [-0.2, -0.15) is 0 Å². The lowest BCUT2D eigenvalue weighted by atomic mass is 9.88. The molecular formula is C24H32O3. The molecule has 0 heterocycles. The fourth-order valence-electron chi connectivity index (χ4n) is 4.79. The second kappa shape index (κ2) is 9.36. The number of unbranched alkanes of at least 4 members (excludes halogenated alkanes) is 1. The molecule has 0 aliphatic heterocycles. The summed E-state index contributed by atoms with van der Waals surface area (Å²) < 4.78 is 0. The summed E-state index contributed by atoms with van der Waals surface area (Å²) in [5.74, 6) is 0.595. The van der Waals surface area contributed by atoms with Gasteiger partial charge in [-0.05, 0) is 69.3 Å². The largest absolute Gasteiger partial charge is 0.481 e. The Bertz CT molecular complexity index is 703. The number of aliphatic hydroxyl groups is 1. The number of fused-ring (bicyclic) bond motifs is 1. The quantitative estimate of drug-likeness (QED) is 0.472. The van der Waals surface area contributed by atoms with Crippen LogP contribution in [0.4, 0.5) is 0 Å². The van der Waals surface area contributed by atoms with Gasteiger partial charge in [0.1, 0.15) is 0 Å². The molecule has 0 bridgehead atoms. The van der Waals surface area contributed by atoms with Crippen molar-refractivity contribution in [2.75, 3.05) is 0 Å². The lowest BCUT2D eigenvalue weighted by Gasteiger charge is -2.18. The van der Waals surface area contributed by atoms with Crippen LogP contribution >= 0.6 is 0 Å². The lowest BCUT2D eigenvalue weighted by molar-refractivity contribution is -0.137. The standard InChI is InChI=1S/C24H32O3/c1-17-7-6-10-18(13-17)8-2-4-11-21-22-15-19(9-3-5-12-24(26)27)14-20(22)16-23(21)25/h4,6-7,10-11,13-14,20-23,25H,2-3,5,8-9,12,15-16H2,1H3,(H,26,27)/b11-4+/t20-,21-,22+,23-/m1/s1. The third kappa shape index (κ3) is 5.55. The number of aryl methyl sites for hydroxylation is 2. The Kier molecular flexibility index (Phi) is 6.89. The van der Waals surface area contributed by atoms with E-state index in [1.54, 1.807) is 0 Å². The van der Waals surface area contributed by atoms with Crippen molar-refractivity contribution in [2.45, 2.75) is 64.4 Å². The number of hydrogen-bond donors (Lipinski definition) is 2. The van der Waals surface area contributed by atoms with E-state index in [0.29, 0.717) is 11.8 Å². The van der Waals surface area contributed by atoms with Crippen LogP contribution in [0.25, 0.3) is 0 Å². The molecule has 0 spiro atoms. The lowest BCUT2D eigenvalue weighted by Crippen LogP contribution is -2.17. The molecule has 2 N–H and O–H groups in total. The van der Waals surface area contributed by atoms with Crippen LogP contribution in [0.1, 0.15) is 56.1 Å². The zero-order valence-corrected chi connectivity index (χ0v) is 16.3. The predicted molar refractivity (Wildman–Crippen MR) is 109 cm³/mol. The van der Waals surface area contributed by atoms with E-state index < -0.39 is 5.97 Å². The molecule has 146 valence electrons. The van der Waals surface area contributed by atoms with Gasteiger partial charge in [0.15, 0.2) is 0 Å². The number of benzene rings is 1. The number of allylic oxidation sites excluding steroid dienone is 3. The van der Waals surface area contributed by atoms with E-state index in [9.17, 15) is 9.90 Å². The van der Waals surface area contributed by atoms with Gasteiger partial charge in [-0.25, -0.2) is 0 Å². The fraction of sp³-hybridized carbons (Fsp3) is 0.542. The van der Waals surface area contributed by atoms with Crippen molar-refractivity contribution in [3.8, 4) is 0 Å². The summed E-state index contributed by atoms with van der Waals surface area (Å²) in [6.07, 6.45) is 13.7. The van der Waals surface area contributed by atoms with Gasteiger partial charge in [-0.15, -0.1) is 0 Å². The first-order valence-electron chi connectivity index (χ1n) is 10.3. The molecule has 1 aromatic carbocycles. The first kappa shape index (κ1) is 19.9. The molecule has 27 heavy (non-hydrogen) atoms. The molecule has 3 heteroatoms. The minimum absolute atomic E-state index is 0.222. The van der Waals surface area contributed by atoms with Gasteiger partial charge < -0.3 is 10.2 Å². The number of carboxylic acids is 1. The zero-order chi connectivity index (χ0) is 19.2. The van der Waals surface area contributed by atoms with Crippen molar-refractivity contribution in [1.29, 1.82) is 0 Å². The molecule has 2 aliphatic carbocycles. The average Bonchev–Trinajstić information content (AvgIpc) is 3.13. The highest BCUT2D eigenvalue weighted by Gasteiger charge is 2.42. The van der Waals surface area contributed by atoms with E-state index in [0.717, 1.165) is 44.9 Å². The molecule has 2 aliphatic rings. The summed E-state index contributed by atoms with van der Waals surface area (Å²) in [7, 11) is 0. The Morgan fingerprint density at radius 1 is 1.26 bits per heavy atom. The Morgan fingerprint density at radius 2 is 2.11 bits per heavy atom. The van der Waals surface area contributed by atoms with Crippen LogP contribution in [0.5, 0.6) is 0 Å². The number of aliphatic carboxylic acids is 1. The van der Waals surface area contributed by atoms with Crippen molar-refractivity contribution in [3.63, 3.8) is 0 Å². The van der Waals surface area contributed by atoms with Crippen molar-refractivity contribution in [1.82, 2.24) is 0 Å². The summed E-state index contributed by atoms with van der Waals surface area (Å²) >= 11 is 0. The molecule has 0 radical (unpaired) electrons. The minimum atomic E-state index is -0.703. The first-order chi connectivity index (χ1) is 13.0. The van der Waals surface area contributed by atoms with Crippen LogP contribution in [0, 0.1) is 24.7 Å². The second-order valence-corrected chi connectivity index (χ2v) is 8.29. The van der Waals surface area contributed by atoms with Crippen LogP contribution in [-0.2, 0) is 11.2 Å². The van der Waals surface area contributed by atoms with Crippen molar-refractivity contribution in [3.05, 3.63) is 59.2 Å². The van der Waals surface area contributed by atoms with E-state index in [1.165, 1.54) is 16.7 Å². The van der Waals surface area contributed by atoms with Gasteiger partial charge in [0, 0.05) is 12.3 Å². The molecule has 0 aromatic heterocycles. The highest BCUT2D eigenvalue weighted by Crippen LogP contribution is 2.48. The molecule has 4 atom stereocenters. The number of hydrogen-bond acceptors (Lipinski definition) is 2. The Morgan fingerprint density at radius 3 is 2.89 bits per heavy atom. The summed E-state index contributed by atoms with van der Waals surface area (Å²) in [5, 5.41) is 19.2. The number of rotatable bonds is 9. The highest BCUT2D eigenvalue weighted by molar-refractivity contribution is 5.66. The Balaban J connectivity index is 1.46. The van der Waals surface area contributed by atoms with E-state index >= 15 is 0 Å². The molecule has 0 amide bonds. The zero-order valence-electron chi connectivity index (χ0n) is 16.3. The monoisotopic (exact) mass is 368 g/mol. The first-order valence-corrected chi connectivity index (χ1v) is 10.3. The molecule has 0 unspecified atom stereocenters. The van der Waals surface area contributed by atoms with E-state index in [-0.39, 0.29) is 18.4 Å². The van der Waals surface area contributed by atoms with Gasteiger partial charge in [-0.1, -0.05) is 53.6 Å². The van der Waals surface area contributed by atoms with Crippen LogP contribution < -0.4 is 0 Å². The van der Waals surface area contributed by atoms with Gasteiger partial charge >= 0.3 is 5.97 Å². The molecular weight excluding hydrogens is 336 g/mol. The molecule has 1 fully saturated rings. The normalized spacial score (nSPS) is 27.1. The van der Waals surface area contributed by atoms with Crippen molar-refractivity contribution < 1.29 is 15.0 Å². The van der Waals surface area contributed by atoms with Crippen molar-refractivity contribution in [2.24, 2.45) is 17.8 Å². The molecule has 1 aromatic rings. The van der Waals surface area contributed by atoms with Crippen LogP contribution in [0.15, 0.2) is 48.1 Å². The summed E-state index contributed by atoms with van der Waals surface area (Å²) in [4.78, 5) is 10.6. The van der Waals surface area contributed by atoms with Crippen LogP contribution in [0.2, 0.25) is 0 Å². The van der Waals surface area contributed by atoms with Gasteiger partial charge in [0.2, 0.25) is 0 Å². The van der Waals surface area contributed by atoms with Gasteiger partial charge in [0.05, 0.1) is 6.10 Å². The number of carboxylic acid groups (broad SMARTS) is 1. The molecule has 3 rings (SSSR count). The van der Waals surface area contributed by atoms with Gasteiger partial charge in [-0.3, -0.25) is 4.79 Å². The predicted octanol–water partition coefficient (Wildman–Crippen LogP) is 5.07. The fourth-order valence-corrected chi connectivity index (χ4v) is 4.79. The second-order valence-electron chi connectivity index (χ2n) is 8.29. The molecule has 3 nitrogen and oxygen atoms in total. The SMILES string of the molecule is Cc1cccc(CC/C=C/[C@@H]2[C@H]3CC(CCCCC(=O)O)=C[C@@H]3C[C@H]2O)c1. The topological polar surface area (TPSA) is 57.5 Å². The van der Waals surface area contributed by atoms with Crippen molar-refractivity contribution >= 4 is 5.97 Å². The summed E-state index contributed by atoms with van der Waals surface area (Å²) in [6, 6.07) is 8.66. The molecule has 0 saturated heterocycles. The average molecular weight is 369 g/mol. The van der Waals surface area contributed by atoms with Crippen LogP contribution in [0.3, 0.4) is 0 Å². The maximum absolute atomic E-state index is 10.6.